The predicted octanol–water partition coefficient (Wildman–Crippen LogP) is 3.23. The fourth-order valence-electron chi connectivity index (χ4n) is 3.81. The second-order valence-electron chi connectivity index (χ2n) is 8.39. The van der Waals surface area contributed by atoms with Crippen LogP contribution in [0.3, 0.4) is 0 Å². The average molecular weight is 440 g/mol. The Morgan fingerprint density at radius 1 is 1.38 bits per heavy atom. The molecule has 4 rings (SSSR count). The third-order valence-corrected chi connectivity index (χ3v) is 8.86. The number of benzene rings is 1. The van der Waals surface area contributed by atoms with Gasteiger partial charge in [0.1, 0.15) is 11.9 Å². The zero-order chi connectivity index (χ0) is 20.8. The molecular formula is C20H26FN3O3S2. The number of fused-ring (bicyclic) bond motifs is 1. The van der Waals surface area contributed by atoms with Crippen LogP contribution in [0.5, 0.6) is 5.75 Å². The quantitative estimate of drug-likeness (QED) is 0.670. The van der Waals surface area contributed by atoms with Crippen LogP contribution in [0.15, 0.2) is 40.6 Å². The van der Waals surface area contributed by atoms with Gasteiger partial charge in [0, 0.05) is 55.2 Å². The smallest absolute Gasteiger partial charge is 0.243 e. The van der Waals surface area contributed by atoms with Crippen LogP contribution in [0, 0.1) is 5.92 Å². The Balaban J connectivity index is 1.45. The molecule has 1 fully saturated rings. The van der Waals surface area contributed by atoms with Gasteiger partial charge < -0.3 is 9.30 Å². The lowest BCUT2D eigenvalue weighted by atomic mass is 9.87. The molecule has 2 aliphatic heterocycles. The summed E-state index contributed by atoms with van der Waals surface area (Å²) in [5.41, 5.74) is 0.648. The topological polar surface area (TPSA) is 64.4 Å². The molecule has 0 amide bonds. The van der Waals surface area contributed by atoms with Gasteiger partial charge in [0.05, 0.1) is 11.5 Å². The molecule has 0 saturated carbocycles. The first-order valence-electron chi connectivity index (χ1n) is 9.70. The van der Waals surface area contributed by atoms with Crippen molar-refractivity contribution < 1.29 is 17.5 Å². The Hall–Kier alpha value is -1.58. The van der Waals surface area contributed by atoms with Crippen LogP contribution in [0.25, 0.3) is 0 Å². The highest BCUT2D eigenvalue weighted by atomic mass is 32.2. The van der Waals surface area contributed by atoms with E-state index in [-0.39, 0.29) is 22.8 Å². The number of thioether (sulfide) groups is 1. The number of piperidine rings is 1. The molecule has 0 spiro atoms. The number of alkyl halides is 1. The van der Waals surface area contributed by atoms with Crippen molar-refractivity contribution in [1.29, 1.82) is 0 Å². The molecule has 2 atom stereocenters. The summed E-state index contributed by atoms with van der Waals surface area (Å²) in [6, 6.07) is 4.96. The number of sulfonamides is 1. The number of hydrogen-bond donors (Lipinski definition) is 0. The van der Waals surface area contributed by atoms with Crippen LogP contribution >= 0.6 is 11.8 Å². The molecule has 29 heavy (non-hydrogen) atoms. The molecule has 0 N–H and O–H groups in total. The normalized spacial score (nSPS) is 24.3. The number of imidazole rings is 1. The van der Waals surface area contributed by atoms with E-state index in [1.165, 1.54) is 16.1 Å². The summed E-state index contributed by atoms with van der Waals surface area (Å²) in [4.78, 5) is 4.46. The van der Waals surface area contributed by atoms with Crippen molar-refractivity contribution in [2.75, 3.05) is 25.4 Å². The summed E-state index contributed by atoms with van der Waals surface area (Å²) in [5, 5.41) is 0.843. The standard InChI is InChI=1S/C20H26FN3O3S2/c1-20(2)13-27-18-5-4-15(10-16(18)20)29(25,26)24-8-6-14(17(21)11-24)12-28-19-22-7-9-23(19)3/h4-5,7,9-10,14,17H,6,8,11-13H2,1-3H3/t14-,17+/m1/s1. The van der Waals surface area contributed by atoms with Crippen molar-refractivity contribution in [2.24, 2.45) is 13.0 Å². The Bertz CT molecular complexity index is 1010. The molecule has 0 bridgehead atoms. The van der Waals surface area contributed by atoms with Crippen molar-refractivity contribution in [1.82, 2.24) is 13.9 Å². The molecule has 2 aliphatic rings. The molecule has 1 aromatic heterocycles. The summed E-state index contributed by atoms with van der Waals surface area (Å²) < 4.78 is 50.0. The molecule has 9 heteroatoms. The van der Waals surface area contributed by atoms with E-state index in [9.17, 15) is 12.8 Å². The van der Waals surface area contributed by atoms with Gasteiger partial charge in [-0.25, -0.2) is 17.8 Å². The van der Waals surface area contributed by atoms with Crippen molar-refractivity contribution in [3.8, 4) is 5.75 Å². The third kappa shape index (κ3) is 3.92. The highest BCUT2D eigenvalue weighted by Gasteiger charge is 2.38. The van der Waals surface area contributed by atoms with Gasteiger partial charge in [-0.3, -0.25) is 0 Å². The third-order valence-electron chi connectivity index (χ3n) is 5.75. The second kappa shape index (κ2) is 7.59. The molecule has 2 aromatic rings. The van der Waals surface area contributed by atoms with Crippen LogP contribution in [-0.4, -0.2) is 53.9 Å². The molecule has 0 aliphatic carbocycles. The second-order valence-corrected chi connectivity index (χ2v) is 11.3. The van der Waals surface area contributed by atoms with E-state index >= 15 is 0 Å². The van der Waals surface area contributed by atoms with Gasteiger partial charge in [-0.15, -0.1) is 0 Å². The van der Waals surface area contributed by atoms with Gasteiger partial charge in [-0.2, -0.15) is 4.31 Å². The number of nitrogens with zero attached hydrogens (tertiary/aromatic N) is 3. The number of rotatable bonds is 5. The lowest BCUT2D eigenvalue weighted by Crippen LogP contribution is -2.45. The molecule has 158 valence electrons. The minimum Gasteiger partial charge on any atom is -0.492 e. The van der Waals surface area contributed by atoms with E-state index in [4.69, 9.17) is 4.74 Å². The maximum Gasteiger partial charge on any atom is 0.243 e. The molecule has 1 saturated heterocycles. The van der Waals surface area contributed by atoms with Gasteiger partial charge in [-0.05, 0) is 24.6 Å². The SMILES string of the molecule is Cn1ccnc1SC[C@H]1CCN(S(=O)(=O)c2ccc3c(c2)C(C)(C)CO3)C[C@@H]1F. The first-order valence-corrected chi connectivity index (χ1v) is 12.1. The largest absolute Gasteiger partial charge is 0.492 e. The summed E-state index contributed by atoms with van der Waals surface area (Å²) in [5.74, 6) is 1.13. The van der Waals surface area contributed by atoms with Gasteiger partial charge >= 0.3 is 0 Å². The lowest BCUT2D eigenvalue weighted by Gasteiger charge is -2.33. The van der Waals surface area contributed by atoms with Crippen LogP contribution < -0.4 is 4.74 Å². The molecule has 0 unspecified atom stereocenters. The molecule has 3 heterocycles. The van der Waals surface area contributed by atoms with Crippen LogP contribution in [0.4, 0.5) is 4.39 Å². The van der Waals surface area contributed by atoms with Gasteiger partial charge in [-0.1, -0.05) is 25.6 Å². The van der Waals surface area contributed by atoms with Crippen molar-refractivity contribution in [2.45, 2.75) is 41.9 Å². The van der Waals surface area contributed by atoms with Gasteiger partial charge in [0.25, 0.3) is 0 Å². The number of hydrogen-bond acceptors (Lipinski definition) is 5. The van der Waals surface area contributed by atoms with Gasteiger partial charge in [0.2, 0.25) is 10.0 Å². The summed E-state index contributed by atoms with van der Waals surface area (Å²) >= 11 is 1.51. The summed E-state index contributed by atoms with van der Waals surface area (Å²) in [6.45, 7) is 4.79. The first-order chi connectivity index (χ1) is 13.7. The maximum atomic E-state index is 14.8. The fourth-order valence-corrected chi connectivity index (χ4v) is 6.44. The molecule has 6 nitrogen and oxygen atoms in total. The predicted molar refractivity (Wildman–Crippen MR) is 111 cm³/mol. The molecule has 0 radical (unpaired) electrons. The Labute approximate surface area is 175 Å². The maximum absolute atomic E-state index is 14.8. The number of aromatic nitrogens is 2. The van der Waals surface area contributed by atoms with Crippen molar-refractivity contribution >= 4 is 21.8 Å². The zero-order valence-corrected chi connectivity index (χ0v) is 18.5. The van der Waals surface area contributed by atoms with Crippen molar-refractivity contribution in [3.05, 3.63) is 36.2 Å². The number of halogens is 1. The first kappa shape index (κ1) is 20.7. The van der Waals surface area contributed by atoms with E-state index in [2.05, 4.69) is 4.98 Å². The number of aryl methyl sites for hydroxylation is 1. The van der Waals surface area contributed by atoms with Crippen LogP contribution in [0.1, 0.15) is 25.8 Å². The summed E-state index contributed by atoms with van der Waals surface area (Å²) in [7, 11) is -1.84. The van der Waals surface area contributed by atoms with Crippen LogP contribution in [-0.2, 0) is 22.5 Å². The molecular weight excluding hydrogens is 413 g/mol. The highest BCUT2D eigenvalue weighted by molar-refractivity contribution is 7.99. The van der Waals surface area contributed by atoms with E-state index in [0.717, 1.165) is 16.5 Å². The Morgan fingerprint density at radius 2 is 2.17 bits per heavy atom. The lowest BCUT2D eigenvalue weighted by molar-refractivity contribution is 0.146. The fraction of sp³-hybridized carbons (Fsp3) is 0.550. The monoisotopic (exact) mass is 439 g/mol. The zero-order valence-electron chi connectivity index (χ0n) is 16.8. The van der Waals surface area contributed by atoms with E-state index < -0.39 is 16.2 Å². The van der Waals surface area contributed by atoms with E-state index in [1.807, 2.05) is 31.7 Å². The highest BCUT2D eigenvalue weighted by Crippen LogP contribution is 2.40. The average Bonchev–Trinajstić information content (AvgIpc) is 3.23. The minimum atomic E-state index is -3.74. The minimum absolute atomic E-state index is 0.106. The Morgan fingerprint density at radius 3 is 2.86 bits per heavy atom. The van der Waals surface area contributed by atoms with E-state index in [1.54, 1.807) is 24.4 Å². The van der Waals surface area contributed by atoms with Crippen LogP contribution in [0.2, 0.25) is 0 Å². The Kier molecular flexibility index (Phi) is 5.41. The van der Waals surface area contributed by atoms with Crippen molar-refractivity contribution in [3.63, 3.8) is 0 Å². The molecule has 1 aromatic carbocycles. The van der Waals surface area contributed by atoms with Gasteiger partial charge in [0.15, 0.2) is 5.16 Å². The number of ether oxygens (including phenoxy) is 1. The summed E-state index contributed by atoms with van der Waals surface area (Å²) in [6.07, 6.45) is 2.87. The van der Waals surface area contributed by atoms with E-state index in [0.29, 0.717) is 25.3 Å².